The summed E-state index contributed by atoms with van der Waals surface area (Å²) < 4.78 is 4.96. The molecule has 0 atom stereocenters. The summed E-state index contributed by atoms with van der Waals surface area (Å²) in [6.07, 6.45) is 1.50. The van der Waals surface area contributed by atoms with E-state index in [1.165, 1.54) is 13.3 Å². The fourth-order valence-electron chi connectivity index (χ4n) is 1.56. The minimum atomic E-state index is -0.110. The molecule has 0 saturated carbocycles. The highest BCUT2D eigenvalue weighted by Gasteiger charge is 2.09. The molecule has 0 unspecified atom stereocenters. The molecule has 0 radical (unpaired) electrons. The van der Waals surface area contributed by atoms with Gasteiger partial charge >= 0.3 is 0 Å². The summed E-state index contributed by atoms with van der Waals surface area (Å²) in [5.74, 6) is 0.204. The number of hydrogen-bond acceptors (Lipinski definition) is 4. The zero-order chi connectivity index (χ0) is 14.5. The SMILES string of the molecule is COc1ccc(C=NNc2cccc(Cl)c2)c(Cl)c1O. The molecule has 20 heavy (non-hydrogen) atoms. The molecule has 0 aliphatic carbocycles. The minimum Gasteiger partial charge on any atom is -0.503 e. The van der Waals surface area contributed by atoms with E-state index >= 15 is 0 Å². The fourth-order valence-corrected chi connectivity index (χ4v) is 1.96. The highest BCUT2D eigenvalue weighted by molar-refractivity contribution is 6.34. The molecule has 0 bridgehead atoms. The van der Waals surface area contributed by atoms with Crippen LogP contribution in [0.1, 0.15) is 5.56 Å². The van der Waals surface area contributed by atoms with E-state index in [4.69, 9.17) is 27.9 Å². The maximum atomic E-state index is 9.77. The van der Waals surface area contributed by atoms with Crippen molar-refractivity contribution in [2.75, 3.05) is 12.5 Å². The molecule has 0 fully saturated rings. The van der Waals surface area contributed by atoms with Crippen LogP contribution in [0.25, 0.3) is 0 Å². The third kappa shape index (κ3) is 3.35. The summed E-state index contributed by atoms with van der Waals surface area (Å²) in [4.78, 5) is 0. The number of hydrazone groups is 1. The lowest BCUT2D eigenvalue weighted by atomic mass is 10.2. The molecule has 2 N–H and O–H groups in total. The van der Waals surface area contributed by atoms with Gasteiger partial charge in [-0.2, -0.15) is 5.10 Å². The van der Waals surface area contributed by atoms with Crippen LogP contribution in [0.4, 0.5) is 5.69 Å². The Bertz CT molecular complexity index is 645. The Balaban J connectivity index is 2.14. The molecule has 0 heterocycles. The molecule has 6 heteroatoms. The first-order valence-electron chi connectivity index (χ1n) is 5.72. The van der Waals surface area contributed by atoms with E-state index in [1.54, 1.807) is 24.3 Å². The van der Waals surface area contributed by atoms with Gasteiger partial charge in [-0.15, -0.1) is 0 Å². The number of rotatable bonds is 4. The number of methoxy groups -OCH3 is 1. The van der Waals surface area contributed by atoms with Gasteiger partial charge in [-0.1, -0.05) is 29.3 Å². The van der Waals surface area contributed by atoms with Gasteiger partial charge in [0.2, 0.25) is 0 Å². The van der Waals surface area contributed by atoms with Crippen LogP contribution in [0.3, 0.4) is 0 Å². The molecule has 2 rings (SSSR count). The van der Waals surface area contributed by atoms with Crippen molar-refractivity contribution in [2.45, 2.75) is 0 Å². The number of anilines is 1. The summed E-state index contributed by atoms with van der Waals surface area (Å²) in [7, 11) is 1.46. The second-order valence-corrected chi connectivity index (χ2v) is 4.71. The second kappa shape index (κ2) is 6.50. The average Bonchev–Trinajstić information content (AvgIpc) is 2.44. The van der Waals surface area contributed by atoms with Gasteiger partial charge in [-0.25, -0.2) is 0 Å². The second-order valence-electron chi connectivity index (χ2n) is 3.90. The summed E-state index contributed by atoms with van der Waals surface area (Å²) in [5.41, 5.74) is 4.14. The van der Waals surface area contributed by atoms with Gasteiger partial charge in [0, 0.05) is 10.6 Å². The molecule has 2 aromatic carbocycles. The monoisotopic (exact) mass is 310 g/mol. The Morgan fingerprint density at radius 3 is 2.75 bits per heavy atom. The number of benzene rings is 2. The van der Waals surface area contributed by atoms with Crippen LogP contribution in [0.5, 0.6) is 11.5 Å². The normalized spacial score (nSPS) is 10.8. The first-order valence-corrected chi connectivity index (χ1v) is 6.47. The van der Waals surface area contributed by atoms with E-state index in [2.05, 4.69) is 10.5 Å². The predicted molar refractivity (Wildman–Crippen MR) is 82.3 cm³/mol. The van der Waals surface area contributed by atoms with Crippen LogP contribution in [-0.4, -0.2) is 18.4 Å². The lowest BCUT2D eigenvalue weighted by Gasteiger charge is -2.06. The first kappa shape index (κ1) is 14.5. The first-order chi connectivity index (χ1) is 9.61. The Kier molecular flexibility index (Phi) is 4.71. The molecule has 104 valence electrons. The maximum Gasteiger partial charge on any atom is 0.177 e. The standard InChI is InChI=1S/C14H12Cl2N2O2/c1-20-12-6-5-9(13(16)14(12)19)8-17-18-11-4-2-3-10(15)7-11/h2-8,18-19H,1H3. The summed E-state index contributed by atoms with van der Waals surface area (Å²) in [6.45, 7) is 0. The third-order valence-electron chi connectivity index (χ3n) is 2.55. The van der Waals surface area contributed by atoms with Crippen molar-refractivity contribution in [3.63, 3.8) is 0 Å². The van der Waals surface area contributed by atoms with E-state index in [9.17, 15) is 5.11 Å². The van der Waals surface area contributed by atoms with Gasteiger partial charge in [0.1, 0.15) is 0 Å². The van der Waals surface area contributed by atoms with Crippen molar-refractivity contribution < 1.29 is 9.84 Å². The number of aromatic hydroxyl groups is 1. The van der Waals surface area contributed by atoms with E-state index < -0.39 is 0 Å². The number of phenolic OH excluding ortho intramolecular Hbond substituents is 1. The fraction of sp³-hybridized carbons (Fsp3) is 0.0714. The highest BCUT2D eigenvalue weighted by atomic mass is 35.5. The minimum absolute atomic E-state index is 0.110. The van der Waals surface area contributed by atoms with Gasteiger partial charge < -0.3 is 9.84 Å². The molecule has 0 spiro atoms. The van der Waals surface area contributed by atoms with Crippen LogP contribution < -0.4 is 10.2 Å². The van der Waals surface area contributed by atoms with E-state index in [0.29, 0.717) is 16.3 Å². The van der Waals surface area contributed by atoms with Crippen LogP contribution in [0.2, 0.25) is 10.0 Å². The molecule has 4 nitrogen and oxygen atoms in total. The van der Waals surface area contributed by atoms with E-state index in [-0.39, 0.29) is 10.8 Å². The number of hydrogen-bond donors (Lipinski definition) is 2. The topological polar surface area (TPSA) is 53.8 Å². The lowest BCUT2D eigenvalue weighted by molar-refractivity contribution is 0.373. The maximum absolute atomic E-state index is 9.77. The molecule has 0 saturated heterocycles. The molecule has 0 aromatic heterocycles. The van der Waals surface area contributed by atoms with Crippen molar-refractivity contribution in [1.29, 1.82) is 0 Å². The number of nitrogens with one attached hydrogen (secondary N) is 1. The van der Waals surface area contributed by atoms with Gasteiger partial charge in [-0.05, 0) is 30.3 Å². The summed E-state index contributed by atoms with van der Waals surface area (Å²) in [6, 6.07) is 10.5. The Labute approximate surface area is 126 Å². The zero-order valence-corrected chi connectivity index (χ0v) is 12.1. The number of phenols is 1. The Hall–Kier alpha value is -1.91. The van der Waals surface area contributed by atoms with Crippen molar-refractivity contribution in [3.05, 3.63) is 52.0 Å². The zero-order valence-electron chi connectivity index (χ0n) is 10.6. The van der Waals surface area contributed by atoms with Crippen LogP contribution in [0, 0.1) is 0 Å². The van der Waals surface area contributed by atoms with Crippen LogP contribution >= 0.6 is 23.2 Å². The Morgan fingerprint density at radius 1 is 1.25 bits per heavy atom. The molecular weight excluding hydrogens is 299 g/mol. The van der Waals surface area contributed by atoms with Gasteiger partial charge in [-0.3, -0.25) is 5.43 Å². The van der Waals surface area contributed by atoms with Crippen molar-refractivity contribution in [3.8, 4) is 11.5 Å². The number of nitrogens with zero attached hydrogens (tertiary/aromatic N) is 1. The molecule has 0 aliphatic heterocycles. The smallest absolute Gasteiger partial charge is 0.177 e. The molecule has 0 aliphatic rings. The third-order valence-corrected chi connectivity index (χ3v) is 3.18. The van der Waals surface area contributed by atoms with Crippen molar-refractivity contribution in [2.24, 2.45) is 5.10 Å². The van der Waals surface area contributed by atoms with Crippen LogP contribution in [-0.2, 0) is 0 Å². The highest BCUT2D eigenvalue weighted by Crippen LogP contribution is 2.35. The lowest BCUT2D eigenvalue weighted by Crippen LogP contribution is -1.92. The van der Waals surface area contributed by atoms with Crippen molar-refractivity contribution in [1.82, 2.24) is 0 Å². The average molecular weight is 311 g/mol. The summed E-state index contributed by atoms with van der Waals surface area (Å²) >= 11 is 11.9. The molecular formula is C14H12Cl2N2O2. The van der Waals surface area contributed by atoms with Crippen LogP contribution in [0.15, 0.2) is 41.5 Å². The predicted octanol–water partition coefficient (Wildman–Crippen LogP) is 4.15. The molecule has 2 aromatic rings. The molecule has 0 amide bonds. The van der Waals surface area contributed by atoms with Crippen molar-refractivity contribution >= 4 is 35.1 Å². The van der Waals surface area contributed by atoms with Gasteiger partial charge in [0.05, 0.1) is 24.0 Å². The quantitative estimate of drug-likeness (QED) is 0.658. The number of ether oxygens (including phenoxy) is 1. The number of halogens is 2. The van der Waals surface area contributed by atoms with Gasteiger partial charge in [0.25, 0.3) is 0 Å². The van der Waals surface area contributed by atoms with E-state index in [1.807, 2.05) is 12.1 Å². The largest absolute Gasteiger partial charge is 0.503 e. The van der Waals surface area contributed by atoms with Gasteiger partial charge in [0.15, 0.2) is 11.5 Å². The van der Waals surface area contributed by atoms with E-state index in [0.717, 1.165) is 5.69 Å². The summed E-state index contributed by atoms with van der Waals surface area (Å²) in [5, 5.41) is 14.6. The Morgan fingerprint density at radius 2 is 2.05 bits per heavy atom.